The number of anilines is 1. The first-order valence-electron chi connectivity index (χ1n) is 11.3. The SMILES string of the molecule is CCOc1ccc(Cn2cc(NC(=O)c3ccc(COc4ccc(F)cc4Cl)o3)cn2)cc1OCC. The van der Waals surface area contributed by atoms with Gasteiger partial charge in [-0.15, -0.1) is 0 Å². The van der Waals surface area contributed by atoms with E-state index in [4.69, 9.17) is 30.2 Å². The Morgan fingerprint density at radius 3 is 2.58 bits per heavy atom. The van der Waals surface area contributed by atoms with Crippen LogP contribution in [0.15, 0.2) is 65.3 Å². The summed E-state index contributed by atoms with van der Waals surface area (Å²) in [7, 11) is 0. The van der Waals surface area contributed by atoms with E-state index in [0.717, 1.165) is 11.6 Å². The topological polar surface area (TPSA) is 87.8 Å². The van der Waals surface area contributed by atoms with Crippen molar-refractivity contribution < 1.29 is 27.8 Å². The lowest BCUT2D eigenvalue weighted by Crippen LogP contribution is -2.10. The van der Waals surface area contributed by atoms with Gasteiger partial charge < -0.3 is 23.9 Å². The molecule has 0 saturated carbocycles. The van der Waals surface area contributed by atoms with Gasteiger partial charge in [0.05, 0.1) is 36.7 Å². The van der Waals surface area contributed by atoms with Crippen LogP contribution in [-0.2, 0) is 13.2 Å². The molecule has 2 aromatic heterocycles. The molecule has 2 aromatic carbocycles. The molecule has 0 aliphatic heterocycles. The number of halogens is 2. The summed E-state index contributed by atoms with van der Waals surface area (Å²) in [5.74, 6) is 1.32. The lowest BCUT2D eigenvalue weighted by atomic mass is 10.2. The number of nitrogens with zero attached hydrogens (tertiary/aromatic N) is 2. The number of amides is 1. The van der Waals surface area contributed by atoms with E-state index in [-0.39, 0.29) is 17.4 Å². The molecule has 1 amide bonds. The van der Waals surface area contributed by atoms with Crippen LogP contribution in [-0.4, -0.2) is 28.9 Å². The Morgan fingerprint density at radius 1 is 1.03 bits per heavy atom. The van der Waals surface area contributed by atoms with Crippen molar-refractivity contribution >= 4 is 23.2 Å². The first-order valence-corrected chi connectivity index (χ1v) is 11.7. The number of rotatable bonds is 11. The highest BCUT2D eigenvalue weighted by Gasteiger charge is 2.14. The van der Waals surface area contributed by atoms with E-state index in [2.05, 4.69) is 10.4 Å². The Labute approximate surface area is 212 Å². The predicted molar refractivity (Wildman–Crippen MR) is 133 cm³/mol. The Hall–Kier alpha value is -3.98. The van der Waals surface area contributed by atoms with Crippen molar-refractivity contribution in [1.29, 1.82) is 0 Å². The highest BCUT2D eigenvalue weighted by molar-refractivity contribution is 6.32. The molecule has 0 fully saturated rings. The van der Waals surface area contributed by atoms with Gasteiger partial charge in [0.25, 0.3) is 5.91 Å². The van der Waals surface area contributed by atoms with Crippen LogP contribution >= 0.6 is 11.6 Å². The molecule has 0 bridgehead atoms. The third-order valence-corrected chi connectivity index (χ3v) is 5.29. The molecule has 0 saturated heterocycles. The molecule has 10 heteroatoms. The Bertz CT molecular complexity index is 1340. The second-order valence-corrected chi connectivity index (χ2v) is 8.06. The first-order chi connectivity index (χ1) is 17.4. The molecule has 2 heterocycles. The Balaban J connectivity index is 1.34. The fourth-order valence-electron chi connectivity index (χ4n) is 3.41. The molecular weight excluding hydrogens is 489 g/mol. The molecule has 8 nitrogen and oxygen atoms in total. The molecule has 0 radical (unpaired) electrons. The van der Waals surface area contributed by atoms with E-state index in [0.29, 0.717) is 48.5 Å². The number of carbonyl (C=O) groups is 1. The summed E-state index contributed by atoms with van der Waals surface area (Å²) in [5.41, 5.74) is 1.49. The zero-order valence-corrected chi connectivity index (χ0v) is 20.5. The molecule has 188 valence electrons. The van der Waals surface area contributed by atoms with Crippen LogP contribution in [0.3, 0.4) is 0 Å². The van der Waals surface area contributed by atoms with Gasteiger partial charge in [-0.05, 0) is 61.9 Å². The Morgan fingerprint density at radius 2 is 1.81 bits per heavy atom. The van der Waals surface area contributed by atoms with E-state index in [1.165, 1.54) is 12.1 Å². The number of hydrogen-bond acceptors (Lipinski definition) is 6. The number of ether oxygens (including phenoxy) is 3. The second kappa shape index (κ2) is 11.6. The summed E-state index contributed by atoms with van der Waals surface area (Å²) in [5, 5.41) is 7.22. The first kappa shape index (κ1) is 25.1. The number of benzene rings is 2. The maximum atomic E-state index is 13.2. The summed E-state index contributed by atoms with van der Waals surface area (Å²) >= 11 is 5.96. The van der Waals surface area contributed by atoms with Crippen LogP contribution in [0.5, 0.6) is 17.2 Å². The van der Waals surface area contributed by atoms with E-state index in [1.807, 2.05) is 32.0 Å². The van der Waals surface area contributed by atoms with E-state index < -0.39 is 11.7 Å². The zero-order chi connectivity index (χ0) is 25.5. The van der Waals surface area contributed by atoms with E-state index in [9.17, 15) is 9.18 Å². The summed E-state index contributed by atoms with van der Waals surface area (Å²) in [6.45, 7) is 5.43. The number of nitrogens with one attached hydrogen (secondary N) is 1. The van der Waals surface area contributed by atoms with Gasteiger partial charge in [0.15, 0.2) is 17.3 Å². The van der Waals surface area contributed by atoms with Gasteiger partial charge in [-0.3, -0.25) is 9.48 Å². The minimum atomic E-state index is -0.456. The quantitative estimate of drug-likeness (QED) is 0.267. The van der Waals surface area contributed by atoms with Gasteiger partial charge in [0, 0.05) is 6.20 Å². The van der Waals surface area contributed by atoms with Crippen molar-refractivity contribution in [3.8, 4) is 17.2 Å². The van der Waals surface area contributed by atoms with Crippen molar-refractivity contribution in [2.75, 3.05) is 18.5 Å². The molecule has 4 rings (SSSR count). The van der Waals surface area contributed by atoms with Gasteiger partial charge in [0.2, 0.25) is 0 Å². The van der Waals surface area contributed by atoms with Gasteiger partial charge >= 0.3 is 0 Å². The van der Waals surface area contributed by atoms with Crippen LogP contribution in [0, 0.1) is 5.82 Å². The molecular formula is C26H25ClFN3O5. The maximum absolute atomic E-state index is 13.2. The molecule has 0 aliphatic rings. The number of carbonyl (C=O) groups excluding carboxylic acids is 1. The Kier molecular flexibility index (Phi) is 8.12. The monoisotopic (exact) mass is 513 g/mol. The number of furan rings is 1. The van der Waals surface area contributed by atoms with Gasteiger partial charge in [-0.2, -0.15) is 5.10 Å². The minimum Gasteiger partial charge on any atom is -0.490 e. The average Bonchev–Trinajstić information content (AvgIpc) is 3.50. The summed E-state index contributed by atoms with van der Waals surface area (Å²) < 4.78 is 37.2. The van der Waals surface area contributed by atoms with Crippen molar-refractivity contribution in [2.45, 2.75) is 27.0 Å². The van der Waals surface area contributed by atoms with Crippen molar-refractivity contribution in [1.82, 2.24) is 9.78 Å². The van der Waals surface area contributed by atoms with E-state index in [1.54, 1.807) is 29.2 Å². The molecule has 0 spiro atoms. The molecule has 0 atom stereocenters. The number of aromatic nitrogens is 2. The molecule has 1 N–H and O–H groups in total. The normalized spacial score (nSPS) is 10.8. The maximum Gasteiger partial charge on any atom is 0.291 e. The smallest absolute Gasteiger partial charge is 0.291 e. The van der Waals surface area contributed by atoms with Crippen molar-refractivity contribution in [2.24, 2.45) is 0 Å². The second-order valence-electron chi connectivity index (χ2n) is 7.66. The highest BCUT2D eigenvalue weighted by Crippen LogP contribution is 2.29. The van der Waals surface area contributed by atoms with Gasteiger partial charge in [-0.1, -0.05) is 17.7 Å². The van der Waals surface area contributed by atoms with Crippen molar-refractivity contribution in [3.05, 3.63) is 88.8 Å². The molecule has 4 aromatic rings. The van der Waals surface area contributed by atoms with Crippen LogP contribution in [0.2, 0.25) is 5.02 Å². The van der Waals surface area contributed by atoms with Crippen LogP contribution in [0.25, 0.3) is 0 Å². The third kappa shape index (κ3) is 6.37. The fourth-order valence-corrected chi connectivity index (χ4v) is 3.63. The number of hydrogen-bond donors (Lipinski definition) is 1. The lowest BCUT2D eigenvalue weighted by Gasteiger charge is -2.12. The summed E-state index contributed by atoms with van der Waals surface area (Å²) in [4.78, 5) is 12.6. The third-order valence-electron chi connectivity index (χ3n) is 4.99. The zero-order valence-electron chi connectivity index (χ0n) is 19.8. The molecule has 0 aliphatic carbocycles. The average molecular weight is 514 g/mol. The van der Waals surface area contributed by atoms with Crippen molar-refractivity contribution in [3.63, 3.8) is 0 Å². The summed E-state index contributed by atoms with van der Waals surface area (Å²) in [6.07, 6.45) is 3.28. The van der Waals surface area contributed by atoms with Crippen LogP contribution in [0.4, 0.5) is 10.1 Å². The van der Waals surface area contributed by atoms with Gasteiger partial charge in [-0.25, -0.2) is 4.39 Å². The summed E-state index contributed by atoms with van der Waals surface area (Å²) in [6, 6.07) is 12.7. The van der Waals surface area contributed by atoms with Crippen LogP contribution < -0.4 is 19.5 Å². The predicted octanol–water partition coefficient (Wildman–Crippen LogP) is 5.95. The van der Waals surface area contributed by atoms with Gasteiger partial charge in [0.1, 0.15) is 23.9 Å². The lowest BCUT2D eigenvalue weighted by molar-refractivity contribution is 0.0992. The van der Waals surface area contributed by atoms with Crippen LogP contribution in [0.1, 0.15) is 35.7 Å². The van der Waals surface area contributed by atoms with E-state index >= 15 is 0 Å². The molecule has 36 heavy (non-hydrogen) atoms. The minimum absolute atomic E-state index is 0.0301. The highest BCUT2D eigenvalue weighted by atomic mass is 35.5. The molecule has 0 unspecified atom stereocenters. The standard InChI is InChI=1S/C26H25ClFN3O5/c1-3-33-23-8-5-17(11-25(23)34-4-2)14-31-15-19(13-29-31)30-26(32)24-10-7-20(36-24)16-35-22-9-6-18(28)12-21(22)27/h5-13,15H,3-4,14,16H2,1-2H3,(H,30,32). The fraction of sp³-hybridized carbons (Fsp3) is 0.231. The largest absolute Gasteiger partial charge is 0.490 e.